The van der Waals surface area contributed by atoms with Gasteiger partial charge in [-0.05, 0) is 25.0 Å². The Balaban J connectivity index is 1.49. The van der Waals surface area contributed by atoms with Crippen LogP contribution in [0.5, 0.6) is 0 Å². The highest BCUT2D eigenvalue weighted by atomic mass is 16.6. The molecular weight excluding hydrogens is 382 g/mol. The monoisotopic (exact) mass is 399 g/mol. The topological polar surface area (TPSA) is 140 Å². The van der Waals surface area contributed by atoms with Crippen LogP contribution in [0, 0.1) is 10.1 Å². The van der Waals surface area contributed by atoms with E-state index < -0.39 is 22.8 Å². The molecule has 1 aromatic heterocycles. The molecule has 4 amide bonds. The number of hydrogen-bond acceptors (Lipinski definition) is 8. The summed E-state index contributed by atoms with van der Waals surface area (Å²) in [7, 11) is 0. The molecule has 11 heteroatoms. The van der Waals surface area contributed by atoms with Crippen molar-refractivity contribution in [1.29, 1.82) is 0 Å². The zero-order valence-electron chi connectivity index (χ0n) is 15.3. The Morgan fingerprint density at radius 3 is 2.41 bits per heavy atom. The van der Waals surface area contributed by atoms with E-state index in [-0.39, 0.29) is 30.0 Å². The van der Waals surface area contributed by atoms with Crippen LogP contribution in [-0.4, -0.2) is 48.8 Å². The van der Waals surface area contributed by atoms with Gasteiger partial charge in [-0.15, -0.1) is 0 Å². The number of urea groups is 1. The van der Waals surface area contributed by atoms with E-state index in [2.05, 4.69) is 10.1 Å². The Hall–Kier alpha value is -3.63. The van der Waals surface area contributed by atoms with Crippen LogP contribution in [0.15, 0.2) is 28.8 Å². The third-order valence-electron chi connectivity index (χ3n) is 5.12. The lowest BCUT2D eigenvalue weighted by Crippen LogP contribution is -2.42. The third-order valence-corrected chi connectivity index (χ3v) is 5.12. The van der Waals surface area contributed by atoms with E-state index in [1.165, 1.54) is 24.3 Å². The first-order valence-electron chi connectivity index (χ1n) is 9.22. The average Bonchev–Trinajstić information content (AvgIpc) is 3.28. The van der Waals surface area contributed by atoms with Crippen molar-refractivity contribution in [3.8, 4) is 11.4 Å². The quantitative estimate of drug-likeness (QED) is 0.323. The highest BCUT2D eigenvalue weighted by Gasteiger charge is 2.48. The number of imide groups is 2. The second-order valence-corrected chi connectivity index (χ2v) is 6.96. The molecule has 1 aliphatic heterocycles. The van der Waals surface area contributed by atoms with Crippen LogP contribution in [0.2, 0.25) is 0 Å². The van der Waals surface area contributed by atoms with Crippen molar-refractivity contribution in [1.82, 2.24) is 19.9 Å². The number of carbonyl (C=O) groups is 3. The van der Waals surface area contributed by atoms with Gasteiger partial charge in [0.2, 0.25) is 11.7 Å². The van der Waals surface area contributed by atoms with E-state index in [4.69, 9.17) is 4.52 Å². The predicted octanol–water partition coefficient (Wildman–Crippen LogP) is 2.27. The minimum absolute atomic E-state index is 0.0154. The van der Waals surface area contributed by atoms with Gasteiger partial charge in [-0.3, -0.25) is 24.6 Å². The molecule has 2 heterocycles. The largest absolute Gasteiger partial charge is 0.337 e. The number of hydrogen-bond donors (Lipinski definition) is 0. The van der Waals surface area contributed by atoms with Crippen molar-refractivity contribution in [2.24, 2.45) is 0 Å². The number of aromatic nitrogens is 2. The molecule has 0 bridgehead atoms. The predicted molar refractivity (Wildman–Crippen MR) is 96.1 cm³/mol. The number of benzene rings is 1. The number of nitro groups is 1. The maximum absolute atomic E-state index is 12.7. The molecular formula is C18H17N5O6. The maximum Gasteiger partial charge on any atom is 0.334 e. The van der Waals surface area contributed by atoms with E-state index in [0.717, 1.165) is 29.1 Å². The van der Waals surface area contributed by atoms with E-state index in [1.807, 2.05) is 0 Å². The first-order chi connectivity index (χ1) is 14.0. The summed E-state index contributed by atoms with van der Waals surface area (Å²) in [6, 6.07) is 4.62. The van der Waals surface area contributed by atoms with E-state index >= 15 is 0 Å². The smallest absolute Gasteiger partial charge is 0.334 e. The summed E-state index contributed by atoms with van der Waals surface area (Å²) < 4.78 is 5.10. The zero-order valence-corrected chi connectivity index (χ0v) is 15.3. The number of non-ortho nitro benzene ring substituents is 1. The van der Waals surface area contributed by atoms with Crippen molar-refractivity contribution >= 4 is 23.5 Å². The molecule has 0 N–H and O–H groups in total. The molecule has 2 aromatic rings. The van der Waals surface area contributed by atoms with Gasteiger partial charge in [-0.1, -0.05) is 24.4 Å². The molecule has 1 saturated heterocycles. The van der Waals surface area contributed by atoms with Crippen molar-refractivity contribution in [3.63, 3.8) is 0 Å². The van der Waals surface area contributed by atoms with Crippen molar-refractivity contribution in [3.05, 3.63) is 40.3 Å². The third kappa shape index (κ3) is 3.46. The fraction of sp³-hybridized carbons (Fsp3) is 0.389. The highest BCUT2D eigenvalue weighted by molar-refractivity contribution is 6.44. The Morgan fingerprint density at radius 2 is 1.76 bits per heavy atom. The lowest BCUT2D eigenvalue weighted by Gasteiger charge is -2.28. The minimum atomic E-state index is -0.907. The highest BCUT2D eigenvalue weighted by Crippen LogP contribution is 2.28. The average molecular weight is 399 g/mol. The van der Waals surface area contributed by atoms with Gasteiger partial charge in [0.05, 0.1) is 4.92 Å². The Bertz CT molecular complexity index is 979. The summed E-state index contributed by atoms with van der Waals surface area (Å²) >= 11 is 0. The fourth-order valence-electron chi connectivity index (χ4n) is 3.63. The van der Waals surface area contributed by atoms with Gasteiger partial charge in [-0.2, -0.15) is 4.98 Å². The van der Waals surface area contributed by atoms with Crippen LogP contribution < -0.4 is 0 Å². The van der Waals surface area contributed by atoms with Crippen LogP contribution in [0.1, 0.15) is 38.0 Å². The second kappa shape index (κ2) is 7.41. The van der Waals surface area contributed by atoms with Crippen LogP contribution in [0.25, 0.3) is 11.4 Å². The second-order valence-electron chi connectivity index (χ2n) is 6.96. The molecule has 29 heavy (non-hydrogen) atoms. The van der Waals surface area contributed by atoms with Gasteiger partial charge in [0, 0.05) is 23.7 Å². The van der Waals surface area contributed by atoms with E-state index in [0.29, 0.717) is 18.4 Å². The first-order valence-corrected chi connectivity index (χ1v) is 9.22. The lowest BCUT2D eigenvalue weighted by atomic mass is 9.94. The normalized spacial score (nSPS) is 18.0. The number of nitro benzene ring substituents is 1. The van der Waals surface area contributed by atoms with Gasteiger partial charge >= 0.3 is 17.8 Å². The maximum atomic E-state index is 12.7. The lowest BCUT2D eigenvalue weighted by molar-refractivity contribution is -0.384. The standard InChI is InChI=1S/C18H17N5O6/c24-16-17(25)22(12-4-2-1-3-5-12)18(26)21(16)10-14-19-15(20-29-14)11-6-8-13(9-7-11)23(27)28/h6-9,12H,1-5,10H2. The Morgan fingerprint density at radius 1 is 1.07 bits per heavy atom. The molecule has 2 aliphatic rings. The van der Waals surface area contributed by atoms with Crippen LogP contribution >= 0.6 is 0 Å². The molecule has 0 spiro atoms. The number of carbonyl (C=O) groups excluding carboxylic acids is 3. The molecule has 0 unspecified atom stereocenters. The van der Waals surface area contributed by atoms with Gasteiger partial charge in [0.25, 0.3) is 5.69 Å². The molecule has 11 nitrogen and oxygen atoms in total. The Kier molecular flexibility index (Phi) is 4.79. The zero-order chi connectivity index (χ0) is 20.5. The molecule has 4 rings (SSSR count). The van der Waals surface area contributed by atoms with Gasteiger partial charge in [-0.25, -0.2) is 9.69 Å². The molecule has 150 valence electrons. The van der Waals surface area contributed by atoms with Crippen LogP contribution in [0.3, 0.4) is 0 Å². The molecule has 2 fully saturated rings. The summed E-state index contributed by atoms with van der Waals surface area (Å²) in [6.07, 6.45) is 4.28. The van der Waals surface area contributed by atoms with E-state index in [9.17, 15) is 24.5 Å². The molecule has 0 atom stereocenters. The molecule has 1 saturated carbocycles. The minimum Gasteiger partial charge on any atom is -0.337 e. The fourth-order valence-corrected chi connectivity index (χ4v) is 3.63. The van der Waals surface area contributed by atoms with Crippen LogP contribution in [-0.2, 0) is 16.1 Å². The van der Waals surface area contributed by atoms with Gasteiger partial charge in [0.1, 0.15) is 6.54 Å². The number of nitrogens with zero attached hydrogens (tertiary/aromatic N) is 5. The van der Waals surface area contributed by atoms with Crippen molar-refractivity contribution < 1.29 is 23.8 Å². The summed E-state index contributed by atoms with van der Waals surface area (Å²) in [4.78, 5) is 53.5. The number of amides is 4. The summed E-state index contributed by atoms with van der Waals surface area (Å²) in [6.45, 7) is -0.313. The molecule has 1 aromatic carbocycles. The SMILES string of the molecule is O=C1C(=O)N(C2CCCCC2)C(=O)N1Cc1nc(-c2ccc([N+](=O)[O-])cc2)no1. The summed E-state index contributed by atoms with van der Waals surface area (Å²) in [5, 5.41) is 14.5. The van der Waals surface area contributed by atoms with Crippen molar-refractivity contribution in [2.45, 2.75) is 44.7 Å². The van der Waals surface area contributed by atoms with Gasteiger partial charge < -0.3 is 4.52 Å². The summed E-state index contributed by atoms with van der Waals surface area (Å²) in [5.41, 5.74) is 0.400. The van der Waals surface area contributed by atoms with Crippen LogP contribution in [0.4, 0.5) is 10.5 Å². The first kappa shape index (κ1) is 18.7. The summed E-state index contributed by atoms with van der Waals surface area (Å²) in [5.74, 6) is -1.59. The molecule has 0 radical (unpaired) electrons. The van der Waals surface area contributed by atoms with E-state index in [1.54, 1.807) is 0 Å². The van der Waals surface area contributed by atoms with Crippen molar-refractivity contribution in [2.75, 3.05) is 0 Å². The molecule has 1 aliphatic carbocycles. The number of rotatable bonds is 5. The Labute approximate surface area is 164 Å². The van der Waals surface area contributed by atoms with Gasteiger partial charge in [0.15, 0.2) is 0 Å².